The molecule has 0 aliphatic heterocycles. The van der Waals surface area contributed by atoms with Gasteiger partial charge in [-0.1, -0.05) is 17.7 Å². The minimum Gasteiger partial charge on any atom is -0.462 e. The predicted octanol–water partition coefficient (Wildman–Crippen LogP) is 4.41. The minimum absolute atomic E-state index is 0.214. The number of carbonyl (C=O) groups is 2. The minimum atomic E-state index is -0.398. The molecule has 0 fully saturated rings. The van der Waals surface area contributed by atoms with E-state index in [1.165, 1.54) is 11.3 Å². The first kappa shape index (κ1) is 17.2. The number of esters is 1. The van der Waals surface area contributed by atoms with E-state index in [4.69, 9.17) is 4.74 Å². The van der Waals surface area contributed by atoms with Gasteiger partial charge in [-0.15, -0.1) is 11.3 Å². The summed E-state index contributed by atoms with van der Waals surface area (Å²) in [6.07, 6.45) is 0. The van der Waals surface area contributed by atoms with Crippen LogP contribution in [0.15, 0.2) is 18.2 Å². The van der Waals surface area contributed by atoms with Crippen LogP contribution >= 0.6 is 11.3 Å². The molecule has 2 aromatic rings. The molecule has 23 heavy (non-hydrogen) atoms. The van der Waals surface area contributed by atoms with Crippen molar-refractivity contribution in [1.29, 1.82) is 0 Å². The number of hydrogen-bond acceptors (Lipinski definition) is 4. The van der Waals surface area contributed by atoms with E-state index in [0.29, 0.717) is 22.7 Å². The van der Waals surface area contributed by atoms with Crippen molar-refractivity contribution in [3.63, 3.8) is 0 Å². The first-order valence-corrected chi connectivity index (χ1v) is 8.32. The SMILES string of the molecule is CCOC(=O)c1c(NC(=O)c2ccc(C)cc2C)sc(C)c1C. The van der Waals surface area contributed by atoms with Gasteiger partial charge in [-0.25, -0.2) is 4.79 Å². The number of benzene rings is 1. The summed E-state index contributed by atoms with van der Waals surface area (Å²) < 4.78 is 5.11. The van der Waals surface area contributed by atoms with Crippen molar-refractivity contribution >= 4 is 28.2 Å². The molecule has 0 spiro atoms. The first-order valence-electron chi connectivity index (χ1n) is 7.50. The summed E-state index contributed by atoms with van der Waals surface area (Å²) in [5.41, 5.74) is 3.92. The highest BCUT2D eigenvalue weighted by Crippen LogP contribution is 2.33. The van der Waals surface area contributed by atoms with Crippen LogP contribution in [0.4, 0.5) is 5.00 Å². The fourth-order valence-electron chi connectivity index (χ4n) is 2.40. The van der Waals surface area contributed by atoms with E-state index in [2.05, 4.69) is 5.32 Å². The second-order valence-electron chi connectivity index (χ2n) is 5.48. The maximum Gasteiger partial charge on any atom is 0.341 e. The van der Waals surface area contributed by atoms with Crippen LogP contribution in [0.25, 0.3) is 0 Å². The second kappa shape index (κ2) is 6.96. The highest BCUT2D eigenvalue weighted by atomic mass is 32.1. The van der Waals surface area contributed by atoms with E-state index in [-0.39, 0.29) is 5.91 Å². The number of rotatable bonds is 4. The van der Waals surface area contributed by atoms with E-state index in [1.807, 2.05) is 39.8 Å². The molecule has 1 aromatic carbocycles. The lowest BCUT2D eigenvalue weighted by Crippen LogP contribution is -2.16. The van der Waals surface area contributed by atoms with Gasteiger partial charge in [-0.2, -0.15) is 0 Å². The van der Waals surface area contributed by atoms with Gasteiger partial charge in [-0.3, -0.25) is 4.79 Å². The molecule has 122 valence electrons. The van der Waals surface area contributed by atoms with Gasteiger partial charge in [0.2, 0.25) is 0 Å². The van der Waals surface area contributed by atoms with E-state index >= 15 is 0 Å². The number of ether oxygens (including phenoxy) is 1. The van der Waals surface area contributed by atoms with Gasteiger partial charge in [-0.05, 0) is 51.8 Å². The molecular weight excluding hydrogens is 310 g/mol. The fourth-order valence-corrected chi connectivity index (χ4v) is 3.45. The normalized spacial score (nSPS) is 10.5. The lowest BCUT2D eigenvalue weighted by molar-refractivity contribution is 0.0527. The molecular formula is C18H21NO3S. The molecule has 1 N–H and O–H groups in total. The largest absolute Gasteiger partial charge is 0.462 e. The number of amides is 1. The lowest BCUT2D eigenvalue weighted by Gasteiger charge is -2.09. The molecule has 5 heteroatoms. The molecule has 1 amide bonds. The summed E-state index contributed by atoms with van der Waals surface area (Å²) in [7, 11) is 0. The van der Waals surface area contributed by atoms with Crippen LogP contribution in [0.1, 0.15) is 49.2 Å². The van der Waals surface area contributed by atoms with Gasteiger partial charge < -0.3 is 10.1 Å². The Bertz CT molecular complexity index is 762. The van der Waals surface area contributed by atoms with Crippen LogP contribution in [0, 0.1) is 27.7 Å². The number of nitrogens with one attached hydrogen (secondary N) is 1. The second-order valence-corrected chi connectivity index (χ2v) is 6.71. The molecule has 0 aliphatic rings. The molecule has 0 bridgehead atoms. The summed E-state index contributed by atoms with van der Waals surface area (Å²) in [6, 6.07) is 5.67. The topological polar surface area (TPSA) is 55.4 Å². The van der Waals surface area contributed by atoms with Crippen molar-refractivity contribution in [2.24, 2.45) is 0 Å². The molecule has 1 heterocycles. The van der Waals surface area contributed by atoms with Crippen LogP contribution in [-0.4, -0.2) is 18.5 Å². The third-order valence-electron chi connectivity index (χ3n) is 3.72. The first-order chi connectivity index (χ1) is 10.8. The average Bonchev–Trinajstić information content (AvgIpc) is 2.73. The van der Waals surface area contributed by atoms with Gasteiger partial charge in [0.25, 0.3) is 5.91 Å². The van der Waals surface area contributed by atoms with Gasteiger partial charge >= 0.3 is 5.97 Å². The predicted molar refractivity (Wildman–Crippen MR) is 93.6 cm³/mol. The van der Waals surface area contributed by atoms with Crippen molar-refractivity contribution in [3.05, 3.63) is 50.9 Å². The van der Waals surface area contributed by atoms with Gasteiger partial charge in [0.05, 0.1) is 12.2 Å². The van der Waals surface area contributed by atoms with Crippen LogP contribution in [0.5, 0.6) is 0 Å². The number of thiophene rings is 1. The van der Waals surface area contributed by atoms with Crippen LogP contribution in [0.3, 0.4) is 0 Å². The van der Waals surface area contributed by atoms with Crippen LogP contribution in [0.2, 0.25) is 0 Å². The third kappa shape index (κ3) is 3.62. The van der Waals surface area contributed by atoms with Gasteiger partial charge in [0.1, 0.15) is 5.00 Å². The van der Waals surface area contributed by atoms with Crippen molar-refractivity contribution in [3.8, 4) is 0 Å². The van der Waals surface area contributed by atoms with Gasteiger partial charge in [0.15, 0.2) is 0 Å². The maximum absolute atomic E-state index is 12.5. The average molecular weight is 331 g/mol. The van der Waals surface area contributed by atoms with E-state index < -0.39 is 5.97 Å². The Morgan fingerprint density at radius 2 is 1.87 bits per heavy atom. The number of aryl methyl sites for hydroxylation is 3. The monoisotopic (exact) mass is 331 g/mol. The summed E-state index contributed by atoms with van der Waals surface area (Å²) in [4.78, 5) is 25.7. The summed E-state index contributed by atoms with van der Waals surface area (Å²) >= 11 is 1.39. The molecule has 1 aromatic heterocycles. The molecule has 0 unspecified atom stereocenters. The lowest BCUT2D eigenvalue weighted by atomic mass is 10.1. The molecule has 0 saturated heterocycles. The van der Waals surface area contributed by atoms with Crippen molar-refractivity contribution in [2.75, 3.05) is 11.9 Å². The zero-order valence-corrected chi connectivity index (χ0v) is 14.9. The summed E-state index contributed by atoms with van der Waals surface area (Å²) in [5.74, 6) is -0.612. The zero-order valence-electron chi connectivity index (χ0n) is 14.1. The molecule has 0 atom stereocenters. The molecule has 0 aliphatic carbocycles. The van der Waals surface area contributed by atoms with E-state index in [0.717, 1.165) is 21.6 Å². The van der Waals surface area contributed by atoms with Crippen molar-refractivity contribution in [2.45, 2.75) is 34.6 Å². The van der Waals surface area contributed by atoms with E-state index in [1.54, 1.807) is 13.0 Å². The van der Waals surface area contributed by atoms with Crippen LogP contribution in [-0.2, 0) is 4.74 Å². The Labute approximate surface area is 140 Å². The van der Waals surface area contributed by atoms with Gasteiger partial charge in [0, 0.05) is 10.4 Å². The molecule has 4 nitrogen and oxygen atoms in total. The van der Waals surface area contributed by atoms with Crippen molar-refractivity contribution in [1.82, 2.24) is 0 Å². The third-order valence-corrected chi connectivity index (χ3v) is 4.84. The molecule has 0 radical (unpaired) electrons. The van der Waals surface area contributed by atoms with Crippen LogP contribution < -0.4 is 5.32 Å². The van der Waals surface area contributed by atoms with E-state index in [9.17, 15) is 9.59 Å². The Balaban J connectivity index is 2.34. The standard InChI is InChI=1S/C18H21NO3S/c1-6-22-18(21)15-12(4)13(5)23-17(15)19-16(20)14-8-7-10(2)9-11(14)3/h7-9H,6H2,1-5H3,(H,19,20). The fraction of sp³-hybridized carbons (Fsp3) is 0.333. The number of carbonyl (C=O) groups excluding carboxylic acids is 2. The smallest absolute Gasteiger partial charge is 0.341 e. The Kier molecular flexibility index (Phi) is 5.21. The zero-order chi connectivity index (χ0) is 17.1. The molecule has 0 saturated carbocycles. The highest BCUT2D eigenvalue weighted by Gasteiger charge is 2.22. The number of hydrogen-bond donors (Lipinski definition) is 1. The van der Waals surface area contributed by atoms with Crippen molar-refractivity contribution < 1.29 is 14.3 Å². The number of anilines is 1. The summed E-state index contributed by atoms with van der Waals surface area (Å²) in [6.45, 7) is 9.75. The maximum atomic E-state index is 12.5. The Hall–Kier alpha value is -2.14. The quantitative estimate of drug-likeness (QED) is 0.844. The summed E-state index contributed by atoms with van der Waals surface area (Å²) in [5, 5.41) is 3.41. The Morgan fingerprint density at radius 1 is 1.17 bits per heavy atom. The molecule has 2 rings (SSSR count). The Morgan fingerprint density at radius 3 is 2.48 bits per heavy atom. The highest BCUT2D eigenvalue weighted by molar-refractivity contribution is 7.16.